The van der Waals surface area contributed by atoms with Crippen molar-refractivity contribution >= 4 is 52.6 Å². The summed E-state index contributed by atoms with van der Waals surface area (Å²) in [6.45, 7) is 0. The molecule has 0 aliphatic carbocycles. The van der Waals surface area contributed by atoms with Gasteiger partial charge in [-0.25, -0.2) is 14.4 Å². The van der Waals surface area contributed by atoms with Gasteiger partial charge in [-0.1, -0.05) is 41.4 Å². The van der Waals surface area contributed by atoms with Crippen molar-refractivity contribution in [2.75, 3.05) is 32.0 Å². The molecule has 0 saturated carbocycles. The molecule has 2 atom stereocenters. The van der Waals surface area contributed by atoms with Crippen LogP contribution in [0.4, 0.5) is 16.2 Å². The summed E-state index contributed by atoms with van der Waals surface area (Å²) < 4.78 is 14.4. The highest BCUT2D eigenvalue weighted by Crippen LogP contribution is 2.53. The molecule has 3 rings (SSSR count). The summed E-state index contributed by atoms with van der Waals surface area (Å²) in [7, 11) is 3.77. The molecule has 2 unspecified atom stereocenters. The van der Waals surface area contributed by atoms with Crippen molar-refractivity contribution in [2.45, 2.75) is 11.5 Å². The molecule has 0 spiro atoms. The van der Waals surface area contributed by atoms with Crippen LogP contribution >= 0.6 is 23.2 Å². The van der Waals surface area contributed by atoms with Crippen LogP contribution < -0.4 is 10.6 Å². The van der Waals surface area contributed by atoms with Gasteiger partial charge in [-0.15, -0.1) is 0 Å². The molecule has 0 radical (unpaired) electrons. The summed E-state index contributed by atoms with van der Waals surface area (Å²) in [6, 6.07) is 9.71. The van der Waals surface area contributed by atoms with Crippen molar-refractivity contribution in [1.29, 1.82) is 0 Å². The summed E-state index contributed by atoms with van der Waals surface area (Å²) in [4.78, 5) is 36.6. The number of carbonyl (C=O) groups is 3. The van der Waals surface area contributed by atoms with Crippen LogP contribution in [0.25, 0.3) is 0 Å². The molecule has 0 saturated heterocycles. The Labute approximate surface area is 194 Å². The average Bonchev–Trinajstić information content (AvgIpc) is 3.12. The van der Waals surface area contributed by atoms with E-state index >= 15 is 0 Å². The molecule has 168 valence electrons. The van der Waals surface area contributed by atoms with E-state index in [1.165, 1.54) is 33.5 Å². The standard InChI is InChI=1S/C22H20Cl2N2O6/c1-30-18(27)9-8-15-19-16(24)10-13(23)11-17(19)26-22(15,20(28)31-2)12-4-6-14(7-5-12)25-21(29)32-3/h4-11,15,26H,1-3H3,(H,25,29). The molecular weight excluding hydrogens is 459 g/mol. The van der Waals surface area contributed by atoms with Gasteiger partial charge in [-0.2, -0.15) is 0 Å². The minimum Gasteiger partial charge on any atom is -0.467 e. The quantitative estimate of drug-likeness (QED) is 0.370. The highest BCUT2D eigenvalue weighted by atomic mass is 35.5. The summed E-state index contributed by atoms with van der Waals surface area (Å²) in [6.07, 6.45) is 2.12. The summed E-state index contributed by atoms with van der Waals surface area (Å²) in [5, 5.41) is 6.43. The molecule has 2 N–H and O–H groups in total. The predicted molar refractivity (Wildman–Crippen MR) is 120 cm³/mol. The Hall–Kier alpha value is -3.23. The Morgan fingerprint density at radius 2 is 1.72 bits per heavy atom. The van der Waals surface area contributed by atoms with Crippen molar-refractivity contribution in [3.05, 3.63) is 69.7 Å². The number of benzene rings is 2. The number of rotatable bonds is 5. The van der Waals surface area contributed by atoms with Crippen molar-refractivity contribution in [2.24, 2.45) is 0 Å². The van der Waals surface area contributed by atoms with E-state index < -0.39 is 29.5 Å². The van der Waals surface area contributed by atoms with Crippen LogP contribution in [0.2, 0.25) is 10.0 Å². The van der Waals surface area contributed by atoms with E-state index in [9.17, 15) is 14.4 Å². The molecule has 1 aliphatic rings. The van der Waals surface area contributed by atoms with Crippen LogP contribution in [0.15, 0.2) is 48.6 Å². The molecule has 1 amide bonds. The van der Waals surface area contributed by atoms with E-state index in [0.717, 1.165) is 0 Å². The fraction of sp³-hybridized carbons (Fsp3) is 0.227. The average molecular weight is 479 g/mol. The number of hydrogen-bond donors (Lipinski definition) is 2. The van der Waals surface area contributed by atoms with Gasteiger partial charge in [0.15, 0.2) is 5.54 Å². The van der Waals surface area contributed by atoms with Crippen molar-refractivity contribution < 1.29 is 28.6 Å². The number of carbonyl (C=O) groups excluding carboxylic acids is 3. The smallest absolute Gasteiger partial charge is 0.411 e. The van der Waals surface area contributed by atoms with E-state index in [-0.39, 0.29) is 0 Å². The SMILES string of the molecule is COC(=O)C=CC1c2c(Cl)cc(Cl)cc2NC1(C(=O)OC)c1ccc(NC(=O)OC)cc1. The van der Waals surface area contributed by atoms with Gasteiger partial charge >= 0.3 is 18.0 Å². The molecule has 1 heterocycles. The van der Waals surface area contributed by atoms with Crippen LogP contribution in [0.5, 0.6) is 0 Å². The van der Waals surface area contributed by atoms with E-state index in [0.29, 0.717) is 32.5 Å². The van der Waals surface area contributed by atoms with E-state index in [1.54, 1.807) is 36.4 Å². The first kappa shape index (κ1) is 23.4. The summed E-state index contributed by atoms with van der Waals surface area (Å²) >= 11 is 12.7. The number of hydrogen-bond acceptors (Lipinski definition) is 7. The topological polar surface area (TPSA) is 103 Å². The Bertz CT molecular complexity index is 1090. The van der Waals surface area contributed by atoms with Crippen LogP contribution in [-0.2, 0) is 29.3 Å². The largest absolute Gasteiger partial charge is 0.467 e. The number of amides is 1. The zero-order valence-electron chi connectivity index (χ0n) is 17.4. The van der Waals surface area contributed by atoms with Gasteiger partial charge in [0, 0.05) is 39.0 Å². The third-order valence-corrected chi connectivity index (χ3v) is 5.64. The first-order valence-electron chi connectivity index (χ1n) is 9.34. The van der Waals surface area contributed by atoms with Crippen molar-refractivity contribution in [3.63, 3.8) is 0 Å². The molecule has 0 fully saturated rings. The van der Waals surface area contributed by atoms with Crippen molar-refractivity contribution in [1.82, 2.24) is 0 Å². The Balaban J connectivity index is 2.18. The number of methoxy groups -OCH3 is 3. The molecule has 32 heavy (non-hydrogen) atoms. The maximum atomic E-state index is 13.2. The number of fused-ring (bicyclic) bond motifs is 1. The highest BCUT2D eigenvalue weighted by molar-refractivity contribution is 6.36. The lowest BCUT2D eigenvalue weighted by Gasteiger charge is -2.32. The van der Waals surface area contributed by atoms with Gasteiger partial charge in [0.25, 0.3) is 0 Å². The van der Waals surface area contributed by atoms with Gasteiger partial charge in [-0.05, 0) is 29.8 Å². The van der Waals surface area contributed by atoms with Gasteiger partial charge in [0.2, 0.25) is 0 Å². The van der Waals surface area contributed by atoms with Gasteiger partial charge in [0.1, 0.15) is 0 Å². The van der Waals surface area contributed by atoms with Crippen molar-refractivity contribution in [3.8, 4) is 0 Å². The van der Waals surface area contributed by atoms with E-state index in [4.69, 9.17) is 32.7 Å². The minimum absolute atomic E-state index is 0.314. The Morgan fingerprint density at radius 1 is 1.03 bits per heavy atom. The van der Waals surface area contributed by atoms with Gasteiger partial charge in [-0.3, -0.25) is 5.32 Å². The fourth-order valence-corrected chi connectivity index (χ4v) is 4.30. The zero-order valence-corrected chi connectivity index (χ0v) is 18.9. The first-order chi connectivity index (χ1) is 15.3. The van der Waals surface area contributed by atoms with Gasteiger partial charge < -0.3 is 19.5 Å². The number of nitrogens with one attached hydrogen (secondary N) is 2. The second kappa shape index (κ2) is 9.50. The maximum Gasteiger partial charge on any atom is 0.411 e. The fourth-order valence-electron chi connectivity index (χ4n) is 3.69. The normalized spacial score (nSPS) is 19.1. The number of esters is 2. The van der Waals surface area contributed by atoms with Crippen LogP contribution in [0.3, 0.4) is 0 Å². The molecule has 0 bridgehead atoms. The Morgan fingerprint density at radius 3 is 2.31 bits per heavy atom. The molecule has 2 aromatic carbocycles. The number of halogens is 2. The second-order valence-electron chi connectivity index (χ2n) is 6.83. The molecule has 10 heteroatoms. The second-order valence-corrected chi connectivity index (χ2v) is 7.67. The third kappa shape index (κ3) is 4.24. The van der Waals surface area contributed by atoms with Gasteiger partial charge in [0.05, 0.1) is 21.3 Å². The van der Waals surface area contributed by atoms with Crippen LogP contribution in [-0.4, -0.2) is 39.4 Å². The van der Waals surface area contributed by atoms with Crippen LogP contribution in [0, 0.1) is 0 Å². The summed E-state index contributed by atoms with van der Waals surface area (Å²) in [5.74, 6) is -1.96. The molecule has 8 nitrogen and oxygen atoms in total. The lowest BCUT2D eigenvalue weighted by atomic mass is 9.77. The monoisotopic (exact) mass is 478 g/mol. The number of anilines is 2. The number of ether oxygens (including phenoxy) is 3. The molecule has 1 aliphatic heterocycles. The zero-order chi connectivity index (χ0) is 23.5. The Kier molecular flexibility index (Phi) is 6.96. The molecular formula is C22H20Cl2N2O6. The highest BCUT2D eigenvalue weighted by Gasteiger charge is 2.54. The van der Waals surface area contributed by atoms with E-state index in [1.807, 2.05) is 0 Å². The first-order valence-corrected chi connectivity index (χ1v) is 10.1. The minimum atomic E-state index is -1.47. The predicted octanol–water partition coefficient (Wildman–Crippen LogP) is 4.48. The third-order valence-electron chi connectivity index (χ3n) is 5.11. The maximum absolute atomic E-state index is 13.2. The molecule has 0 aromatic heterocycles. The summed E-state index contributed by atoms with van der Waals surface area (Å²) in [5.41, 5.74) is 0.573. The van der Waals surface area contributed by atoms with Crippen LogP contribution in [0.1, 0.15) is 17.0 Å². The molecule has 2 aromatic rings. The lowest BCUT2D eigenvalue weighted by molar-refractivity contribution is -0.146. The van der Waals surface area contributed by atoms with E-state index in [2.05, 4.69) is 15.4 Å². The lowest BCUT2D eigenvalue weighted by Crippen LogP contribution is -2.45.